The highest BCUT2D eigenvalue weighted by Crippen LogP contribution is 2.36. The molecule has 2 aromatic rings. The minimum Gasteiger partial charge on any atom is -0.493 e. The second kappa shape index (κ2) is 7.85. The number of aliphatic imine (C=N–C) groups is 1. The van der Waals surface area contributed by atoms with E-state index >= 15 is 0 Å². The summed E-state index contributed by atoms with van der Waals surface area (Å²) < 4.78 is 102. The molecule has 0 aliphatic heterocycles. The van der Waals surface area contributed by atoms with Crippen LogP contribution in [0.2, 0.25) is 0 Å². The lowest BCUT2D eigenvalue weighted by atomic mass is 10.2. The van der Waals surface area contributed by atoms with Gasteiger partial charge in [-0.15, -0.1) is 0 Å². The number of alkyl halides is 6. The van der Waals surface area contributed by atoms with Crippen LogP contribution in [0, 0.1) is 6.92 Å². The summed E-state index contributed by atoms with van der Waals surface area (Å²) in [6.45, 7) is 3.61. The van der Waals surface area contributed by atoms with E-state index in [1.807, 2.05) is 0 Å². The van der Waals surface area contributed by atoms with Crippen molar-refractivity contribution in [2.45, 2.75) is 38.0 Å². The average molecular weight is 455 g/mol. The van der Waals surface area contributed by atoms with Crippen LogP contribution in [0.5, 0.6) is 5.88 Å². The lowest BCUT2D eigenvalue weighted by Crippen LogP contribution is -2.15. The van der Waals surface area contributed by atoms with Crippen molar-refractivity contribution < 1.29 is 39.9 Å². The molecule has 0 amide bonds. The number of aromatic nitrogens is 2. The monoisotopic (exact) mass is 455 g/mol. The van der Waals surface area contributed by atoms with Crippen LogP contribution in [-0.2, 0) is 22.2 Å². The molecule has 0 fully saturated rings. The van der Waals surface area contributed by atoms with Crippen molar-refractivity contribution >= 4 is 21.2 Å². The summed E-state index contributed by atoms with van der Waals surface area (Å²) in [6, 6.07) is 0.925. The average Bonchev–Trinajstić information content (AvgIpc) is 2.63. The number of hydrogen-bond donors (Lipinski definition) is 1. The van der Waals surface area contributed by atoms with E-state index in [1.165, 1.54) is 20.8 Å². The van der Waals surface area contributed by atoms with Crippen molar-refractivity contribution in [3.63, 3.8) is 0 Å². The maximum absolute atomic E-state index is 13.0. The minimum absolute atomic E-state index is 0.144. The maximum Gasteiger partial charge on any atom is 0.433 e. The Balaban J connectivity index is 2.74. The van der Waals surface area contributed by atoms with Crippen LogP contribution < -0.4 is 0 Å². The van der Waals surface area contributed by atoms with E-state index in [0.717, 1.165) is 0 Å². The molecule has 0 radical (unpaired) electrons. The van der Waals surface area contributed by atoms with Crippen molar-refractivity contribution in [3.8, 4) is 5.88 Å². The summed E-state index contributed by atoms with van der Waals surface area (Å²) in [6.07, 6.45) is -9.35. The van der Waals surface area contributed by atoms with Crippen LogP contribution in [-0.4, -0.2) is 35.0 Å². The molecule has 0 saturated heterocycles. The number of sulfone groups is 1. The quantitative estimate of drug-likeness (QED) is 0.543. The van der Waals surface area contributed by atoms with Gasteiger partial charge < -0.3 is 5.11 Å². The summed E-state index contributed by atoms with van der Waals surface area (Å²) in [5, 5.41) is 9.66. The molecular weight excluding hydrogens is 440 g/mol. The molecule has 0 aromatic carbocycles. The smallest absolute Gasteiger partial charge is 0.433 e. The molecule has 0 saturated carbocycles. The summed E-state index contributed by atoms with van der Waals surface area (Å²) >= 11 is 0. The van der Waals surface area contributed by atoms with Crippen LogP contribution in [0.3, 0.4) is 0 Å². The second-order valence-electron chi connectivity index (χ2n) is 6.14. The van der Waals surface area contributed by atoms with E-state index in [2.05, 4.69) is 15.0 Å². The normalized spacial score (nSPS) is 13.6. The number of hydrogen-bond acceptors (Lipinski definition) is 6. The van der Waals surface area contributed by atoms with Gasteiger partial charge in [-0.05, 0) is 26.0 Å². The standard InChI is InChI=1S/C17H15F6N3O3S/c1-4-30(28,29)12-5-10(16(18,19)20)7-24-14(12)9(3)25-11-6-13(17(21,22)23)26-15(27)8(11)2/h5-7H,4H2,1-3H3,(H,26,27)/b25-9+. The van der Waals surface area contributed by atoms with E-state index in [1.54, 1.807) is 0 Å². The molecule has 0 aliphatic rings. The van der Waals surface area contributed by atoms with E-state index in [0.29, 0.717) is 18.3 Å². The Morgan fingerprint density at radius 2 is 1.73 bits per heavy atom. The predicted molar refractivity (Wildman–Crippen MR) is 94.5 cm³/mol. The van der Waals surface area contributed by atoms with Crippen molar-refractivity contribution in [3.05, 3.63) is 40.8 Å². The highest BCUT2D eigenvalue weighted by molar-refractivity contribution is 7.91. The number of rotatable bonds is 4. The molecule has 0 aliphatic carbocycles. The number of pyridine rings is 2. The molecule has 2 heterocycles. The molecule has 6 nitrogen and oxygen atoms in total. The first-order chi connectivity index (χ1) is 13.6. The zero-order valence-electron chi connectivity index (χ0n) is 15.7. The van der Waals surface area contributed by atoms with Crippen LogP contribution in [0.4, 0.5) is 32.0 Å². The van der Waals surface area contributed by atoms with Gasteiger partial charge in [-0.2, -0.15) is 26.3 Å². The molecular formula is C17H15F6N3O3S. The summed E-state index contributed by atoms with van der Waals surface area (Å²) in [4.78, 5) is 9.68. The molecule has 164 valence electrons. The third-order valence-electron chi connectivity index (χ3n) is 4.04. The minimum atomic E-state index is -4.90. The van der Waals surface area contributed by atoms with E-state index < -0.39 is 61.4 Å². The van der Waals surface area contributed by atoms with E-state index in [9.17, 15) is 39.9 Å². The first-order valence-corrected chi connectivity index (χ1v) is 9.86. The first kappa shape index (κ1) is 23.6. The Morgan fingerprint density at radius 1 is 1.13 bits per heavy atom. The zero-order valence-corrected chi connectivity index (χ0v) is 16.5. The number of nitrogens with zero attached hydrogens (tertiary/aromatic N) is 3. The molecule has 1 N–H and O–H groups in total. The van der Waals surface area contributed by atoms with Crippen LogP contribution in [0.1, 0.15) is 36.4 Å². The van der Waals surface area contributed by atoms with Gasteiger partial charge in [0, 0.05) is 11.8 Å². The fourth-order valence-corrected chi connectivity index (χ4v) is 3.45. The predicted octanol–water partition coefficient (Wildman–Crippen LogP) is 4.46. The molecule has 0 unspecified atom stereocenters. The topological polar surface area (TPSA) is 92.5 Å². The first-order valence-electron chi connectivity index (χ1n) is 8.21. The van der Waals surface area contributed by atoms with Gasteiger partial charge in [0.2, 0.25) is 5.88 Å². The lowest BCUT2D eigenvalue weighted by Gasteiger charge is -2.13. The van der Waals surface area contributed by atoms with Gasteiger partial charge in [0.15, 0.2) is 15.5 Å². The Labute approximate surface area is 167 Å². The molecule has 13 heteroatoms. The fraction of sp³-hybridized carbons (Fsp3) is 0.353. The van der Waals surface area contributed by atoms with Crippen molar-refractivity contribution in [2.24, 2.45) is 4.99 Å². The Kier molecular flexibility index (Phi) is 6.17. The van der Waals surface area contributed by atoms with Gasteiger partial charge in [0.25, 0.3) is 0 Å². The van der Waals surface area contributed by atoms with E-state index in [4.69, 9.17) is 0 Å². The third kappa shape index (κ3) is 4.89. The third-order valence-corrected chi connectivity index (χ3v) is 5.78. The number of aromatic hydroxyl groups is 1. The van der Waals surface area contributed by atoms with Crippen LogP contribution in [0.15, 0.2) is 28.2 Å². The Morgan fingerprint density at radius 3 is 2.23 bits per heavy atom. The molecule has 30 heavy (non-hydrogen) atoms. The Bertz CT molecular complexity index is 1110. The van der Waals surface area contributed by atoms with Crippen LogP contribution in [0.25, 0.3) is 0 Å². The fourth-order valence-electron chi connectivity index (χ4n) is 2.34. The maximum atomic E-state index is 13.0. The summed E-state index contributed by atoms with van der Waals surface area (Å²) in [7, 11) is -4.18. The second-order valence-corrected chi connectivity index (χ2v) is 8.39. The highest BCUT2D eigenvalue weighted by atomic mass is 32.2. The summed E-state index contributed by atoms with van der Waals surface area (Å²) in [5.41, 5.74) is -4.00. The largest absolute Gasteiger partial charge is 0.493 e. The van der Waals surface area contributed by atoms with E-state index in [-0.39, 0.29) is 11.3 Å². The van der Waals surface area contributed by atoms with Crippen molar-refractivity contribution in [1.29, 1.82) is 0 Å². The molecule has 2 aromatic heterocycles. The summed E-state index contributed by atoms with van der Waals surface area (Å²) in [5.74, 6) is -1.48. The highest BCUT2D eigenvalue weighted by Gasteiger charge is 2.35. The molecule has 2 rings (SSSR count). The molecule has 0 bridgehead atoms. The van der Waals surface area contributed by atoms with Crippen molar-refractivity contribution in [2.75, 3.05) is 5.75 Å². The van der Waals surface area contributed by atoms with Gasteiger partial charge in [0.1, 0.15) is 5.69 Å². The van der Waals surface area contributed by atoms with Gasteiger partial charge in [-0.1, -0.05) is 6.92 Å². The van der Waals surface area contributed by atoms with Crippen molar-refractivity contribution in [1.82, 2.24) is 9.97 Å². The SMILES string of the molecule is CCS(=O)(=O)c1cc(C(F)(F)F)cnc1/C(C)=N/c1cc(C(F)(F)F)nc(O)c1C. The van der Waals surface area contributed by atoms with Crippen LogP contribution >= 0.6 is 0 Å². The van der Waals surface area contributed by atoms with Gasteiger partial charge in [-0.25, -0.2) is 13.4 Å². The Hall–Kier alpha value is -2.70. The number of halogens is 6. The van der Waals surface area contributed by atoms with Gasteiger partial charge >= 0.3 is 12.4 Å². The zero-order chi connectivity index (χ0) is 23.1. The van der Waals surface area contributed by atoms with Gasteiger partial charge in [-0.3, -0.25) is 9.98 Å². The molecule has 0 atom stereocenters. The molecule has 0 spiro atoms. The van der Waals surface area contributed by atoms with Gasteiger partial charge in [0.05, 0.1) is 27.6 Å². The lowest BCUT2D eigenvalue weighted by molar-refractivity contribution is -0.141.